The molecular weight excluding hydrogens is 324 g/mol. The Labute approximate surface area is 147 Å². The zero-order valence-corrected chi connectivity index (χ0v) is 15.6. The molecule has 0 spiro atoms. The van der Waals surface area contributed by atoms with Crippen LogP contribution in [-0.4, -0.2) is 44.2 Å². The molecule has 0 saturated heterocycles. The molecule has 1 heterocycles. The lowest BCUT2D eigenvalue weighted by Crippen LogP contribution is -2.38. The van der Waals surface area contributed by atoms with Crippen molar-refractivity contribution in [3.05, 3.63) is 39.8 Å². The summed E-state index contributed by atoms with van der Waals surface area (Å²) in [6.45, 7) is 3.31. The molecule has 0 aliphatic carbocycles. The van der Waals surface area contributed by atoms with E-state index in [1.54, 1.807) is 32.6 Å². The molecule has 2 aromatic rings. The number of benzene rings is 1. The number of nitrogens with zero attached hydrogens (tertiary/aromatic N) is 3. The molecule has 1 aromatic carbocycles. The minimum absolute atomic E-state index is 0.591. The lowest BCUT2D eigenvalue weighted by atomic mass is 10.2. The second-order valence-electron chi connectivity index (χ2n) is 5.27. The zero-order chi connectivity index (χ0) is 17.5. The maximum atomic E-state index is 5.47. The van der Waals surface area contributed by atoms with Gasteiger partial charge in [-0.25, -0.2) is 4.98 Å². The summed E-state index contributed by atoms with van der Waals surface area (Å²) in [5.41, 5.74) is 2.05. The van der Waals surface area contributed by atoms with Gasteiger partial charge in [-0.2, -0.15) is 0 Å². The number of hydrogen-bond donors (Lipinski definition) is 1. The highest BCUT2D eigenvalue weighted by molar-refractivity contribution is 7.09. The molecule has 24 heavy (non-hydrogen) atoms. The van der Waals surface area contributed by atoms with Gasteiger partial charge in [-0.1, -0.05) is 12.1 Å². The van der Waals surface area contributed by atoms with Crippen molar-refractivity contribution in [2.75, 3.05) is 28.3 Å². The van der Waals surface area contributed by atoms with Gasteiger partial charge in [0.05, 0.1) is 31.5 Å². The van der Waals surface area contributed by atoms with Crippen molar-refractivity contribution in [1.29, 1.82) is 0 Å². The van der Waals surface area contributed by atoms with Crippen LogP contribution in [0.25, 0.3) is 0 Å². The van der Waals surface area contributed by atoms with Crippen LogP contribution in [-0.2, 0) is 13.1 Å². The number of thiazole rings is 1. The van der Waals surface area contributed by atoms with E-state index in [-0.39, 0.29) is 0 Å². The quantitative estimate of drug-likeness (QED) is 0.642. The maximum Gasteiger partial charge on any atom is 0.194 e. The first-order valence-electron chi connectivity index (χ1n) is 7.61. The van der Waals surface area contributed by atoms with Crippen LogP contribution in [0.2, 0.25) is 0 Å². The predicted molar refractivity (Wildman–Crippen MR) is 98.1 cm³/mol. The Morgan fingerprint density at radius 2 is 2.12 bits per heavy atom. The standard InChI is InChI=1S/C17H24N4O2S/c1-12-20-14(11-24-12)10-21(3)17(18-2)19-9-13-7-6-8-15(22-4)16(13)23-5/h6-8,11H,9-10H2,1-5H3,(H,18,19). The van der Waals surface area contributed by atoms with Crippen molar-refractivity contribution >= 4 is 17.3 Å². The third-order valence-corrected chi connectivity index (χ3v) is 4.38. The number of hydrogen-bond acceptors (Lipinski definition) is 5. The summed E-state index contributed by atoms with van der Waals surface area (Å²) in [6.07, 6.45) is 0. The molecule has 2 rings (SSSR count). The van der Waals surface area contributed by atoms with Gasteiger partial charge >= 0.3 is 0 Å². The number of para-hydroxylation sites is 1. The van der Waals surface area contributed by atoms with E-state index in [9.17, 15) is 0 Å². The second kappa shape index (κ2) is 8.54. The molecule has 130 valence electrons. The fourth-order valence-corrected chi connectivity index (χ4v) is 3.05. The summed E-state index contributed by atoms with van der Waals surface area (Å²) in [4.78, 5) is 10.9. The zero-order valence-electron chi connectivity index (χ0n) is 14.8. The average Bonchev–Trinajstić information content (AvgIpc) is 2.99. The van der Waals surface area contributed by atoms with Crippen LogP contribution in [0, 0.1) is 6.92 Å². The van der Waals surface area contributed by atoms with Crippen LogP contribution in [0.1, 0.15) is 16.3 Å². The minimum atomic E-state index is 0.591. The Balaban J connectivity index is 2.03. The van der Waals surface area contributed by atoms with Gasteiger partial charge in [-0.3, -0.25) is 4.99 Å². The molecule has 0 bridgehead atoms. The number of ether oxygens (including phenoxy) is 2. The highest BCUT2D eigenvalue weighted by Crippen LogP contribution is 2.30. The Kier molecular flexibility index (Phi) is 6.43. The van der Waals surface area contributed by atoms with Crippen LogP contribution >= 0.6 is 11.3 Å². The summed E-state index contributed by atoms with van der Waals surface area (Å²) in [5.74, 6) is 2.25. The lowest BCUT2D eigenvalue weighted by molar-refractivity contribution is 0.351. The molecule has 0 unspecified atom stereocenters. The molecule has 0 aliphatic heterocycles. The first-order valence-corrected chi connectivity index (χ1v) is 8.49. The van der Waals surface area contributed by atoms with Crippen LogP contribution < -0.4 is 14.8 Å². The molecule has 0 fully saturated rings. The largest absolute Gasteiger partial charge is 0.493 e. The molecule has 0 aliphatic rings. The topological polar surface area (TPSA) is 59.0 Å². The fourth-order valence-electron chi connectivity index (χ4n) is 2.45. The molecule has 0 saturated carbocycles. The highest BCUT2D eigenvalue weighted by Gasteiger charge is 2.12. The normalized spacial score (nSPS) is 11.3. The molecule has 0 amide bonds. The van der Waals surface area contributed by atoms with Gasteiger partial charge in [0.2, 0.25) is 0 Å². The van der Waals surface area contributed by atoms with E-state index in [1.165, 1.54) is 0 Å². The third kappa shape index (κ3) is 4.38. The summed E-state index contributed by atoms with van der Waals surface area (Å²) < 4.78 is 10.8. The number of aliphatic imine (C=N–C) groups is 1. The van der Waals surface area contributed by atoms with E-state index in [0.717, 1.165) is 33.7 Å². The van der Waals surface area contributed by atoms with Gasteiger partial charge in [0, 0.05) is 31.6 Å². The second-order valence-corrected chi connectivity index (χ2v) is 6.33. The van der Waals surface area contributed by atoms with E-state index in [4.69, 9.17) is 9.47 Å². The summed E-state index contributed by atoms with van der Waals surface area (Å²) in [7, 11) is 7.05. The molecule has 7 heteroatoms. The van der Waals surface area contributed by atoms with Crippen molar-refractivity contribution in [2.24, 2.45) is 4.99 Å². The number of rotatable bonds is 6. The van der Waals surface area contributed by atoms with Crippen LogP contribution in [0.5, 0.6) is 11.5 Å². The first kappa shape index (κ1) is 18.1. The van der Waals surface area contributed by atoms with Gasteiger partial charge < -0.3 is 19.7 Å². The predicted octanol–water partition coefficient (Wildman–Crippen LogP) is 2.68. The van der Waals surface area contributed by atoms with E-state index in [1.807, 2.05) is 37.1 Å². The number of aryl methyl sites for hydroxylation is 1. The Bertz CT molecular complexity index is 700. The van der Waals surface area contributed by atoms with Crippen molar-refractivity contribution in [1.82, 2.24) is 15.2 Å². The molecule has 1 N–H and O–H groups in total. The first-order chi connectivity index (χ1) is 11.6. The number of methoxy groups -OCH3 is 2. The van der Waals surface area contributed by atoms with Gasteiger partial charge in [0.1, 0.15) is 0 Å². The summed E-state index contributed by atoms with van der Waals surface area (Å²) >= 11 is 1.66. The van der Waals surface area contributed by atoms with Gasteiger partial charge in [-0.15, -0.1) is 11.3 Å². The van der Waals surface area contributed by atoms with Crippen molar-refractivity contribution in [3.63, 3.8) is 0 Å². The Morgan fingerprint density at radius 3 is 2.71 bits per heavy atom. The Hall–Kier alpha value is -2.28. The molecular formula is C17H24N4O2S. The maximum absolute atomic E-state index is 5.47. The summed E-state index contributed by atoms with van der Waals surface area (Å²) in [6, 6.07) is 5.84. The minimum Gasteiger partial charge on any atom is -0.493 e. The third-order valence-electron chi connectivity index (χ3n) is 3.56. The Morgan fingerprint density at radius 1 is 1.33 bits per heavy atom. The summed E-state index contributed by atoms with van der Waals surface area (Å²) in [5, 5.41) is 6.50. The number of aromatic nitrogens is 1. The van der Waals surface area contributed by atoms with E-state index < -0.39 is 0 Å². The van der Waals surface area contributed by atoms with Gasteiger partial charge in [0.25, 0.3) is 0 Å². The van der Waals surface area contributed by atoms with E-state index >= 15 is 0 Å². The SMILES string of the molecule is CN=C(NCc1cccc(OC)c1OC)N(C)Cc1csc(C)n1. The lowest BCUT2D eigenvalue weighted by Gasteiger charge is -2.22. The number of nitrogens with one attached hydrogen (secondary N) is 1. The van der Waals surface area contributed by atoms with Crippen LogP contribution in [0.4, 0.5) is 0 Å². The molecule has 0 radical (unpaired) electrons. The molecule has 0 atom stereocenters. The number of guanidine groups is 1. The van der Waals surface area contributed by atoms with E-state index in [2.05, 4.69) is 20.7 Å². The molecule has 1 aromatic heterocycles. The van der Waals surface area contributed by atoms with Crippen LogP contribution in [0.15, 0.2) is 28.6 Å². The average molecular weight is 348 g/mol. The van der Waals surface area contributed by atoms with Crippen molar-refractivity contribution in [3.8, 4) is 11.5 Å². The smallest absolute Gasteiger partial charge is 0.194 e. The highest BCUT2D eigenvalue weighted by atomic mass is 32.1. The molecule has 6 nitrogen and oxygen atoms in total. The van der Waals surface area contributed by atoms with Crippen molar-refractivity contribution in [2.45, 2.75) is 20.0 Å². The van der Waals surface area contributed by atoms with Crippen LogP contribution in [0.3, 0.4) is 0 Å². The van der Waals surface area contributed by atoms with E-state index in [0.29, 0.717) is 13.1 Å². The monoisotopic (exact) mass is 348 g/mol. The van der Waals surface area contributed by atoms with Crippen molar-refractivity contribution < 1.29 is 9.47 Å². The fraction of sp³-hybridized carbons (Fsp3) is 0.412. The van der Waals surface area contributed by atoms with Gasteiger partial charge in [0.15, 0.2) is 17.5 Å². The van der Waals surface area contributed by atoms with Gasteiger partial charge in [-0.05, 0) is 13.0 Å².